The third-order valence-electron chi connectivity index (χ3n) is 6.26. The van der Waals surface area contributed by atoms with Gasteiger partial charge < -0.3 is 11.5 Å². The van der Waals surface area contributed by atoms with Crippen molar-refractivity contribution in [1.29, 1.82) is 5.41 Å². The predicted molar refractivity (Wildman–Crippen MR) is 166 cm³/mol. The number of allylic oxidation sites excluding steroid dienone is 2. The minimum atomic E-state index is 0.266. The summed E-state index contributed by atoms with van der Waals surface area (Å²) < 4.78 is 6.40. The summed E-state index contributed by atoms with van der Waals surface area (Å²) >= 11 is 14.9. The molecule has 0 aliphatic heterocycles. The van der Waals surface area contributed by atoms with E-state index in [9.17, 15) is 0 Å². The van der Waals surface area contributed by atoms with Gasteiger partial charge in [-0.1, -0.05) is 52.4 Å². The molecular formula is C26H34Br2N4S3. The van der Waals surface area contributed by atoms with Gasteiger partial charge in [0.1, 0.15) is 5.71 Å². The molecule has 9 heteroatoms. The summed E-state index contributed by atoms with van der Waals surface area (Å²) in [5.74, 6) is 0. The third kappa shape index (κ3) is 6.72. The number of hydrogen-bond acceptors (Lipinski definition) is 7. The van der Waals surface area contributed by atoms with E-state index in [2.05, 4.69) is 75.1 Å². The molecule has 2 aromatic heterocycles. The summed E-state index contributed by atoms with van der Waals surface area (Å²) in [4.78, 5) is 1.90. The van der Waals surface area contributed by atoms with Crippen LogP contribution in [0.2, 0.25) is 0 Å². The van der Waals surface area contributed by atoms with Crippen LogP contribution in [0.3, 0.4) is 0 Å². The molecule has 0 spiro atoms. The van der Waals surface area contributed by atoms with Crippen LogP contribution in [0, 0.1) is 5.41 Å². The topological polar surface area (TPSA) is 88.2 Å². The van der Waals surface area contributed by atoms with Crippen LogP contribution in [0.25, 0.3) is 11.1 Å². The van der Waals surface area contributed by atoms with E-state index in [1.807, 2.05) is 0 Å². The molecule has 0 atom stereocenters. The van der Waals surface area contributed by atoms with Gasteiger partial charge >= 0.3 is 0 Å². The van der Waals surface area contributed by atoms with E-state index in [-0.39, 0.29) is 5.71 Å². The Bertz CT molecular complexity index is 1160. The van der Waals surface area contributed by atoms with Crippen molar-refractivity contribution in [3.8, 4) is 0 Å². The van der Waals surface area contributed by atoms with Crippen LogP contribution in [0.1, 0.15) is 86.1 Å². The number of rotatable bonds is 12. The zero-order chi connectivity index (χ0) is 25.5. The Labute approximate surface area is 239 Å². The van der Waals surface area contributed by atoms with Gasteiger partial charge in [-0.2, -0.15) is 0 Å². The van der Waals surface area contributed by atoms with Crippen molar-refractivity contribution in [1.82, 2.24) is 0 Å². The monoisotopic (exact) mass is 656 g/mol. The van der Waals surface area contributed by atoms with Crippen LogP contribution >= 0.6 is 67.3 Å². The SMILES string of the molecule is CCCCCCc1cc(C2=C(N)C(N)=C(c3cc(CCCCCC)c(Br)s3)/C(=N/S)C2=N)sc1Br. The van der Waals surface area contributed by atoms with Gasteiger partial charge in [0.2, 0.25) is 0 Å². The molecule has 0 bridgehead atoms. The lowest BCUT2D eigenvalue weighted by Gasteiger charge is -2.23. The minimum Gasteiger partial charge on any atom is -0.396 e. The van der Waals surface area contributed by atoms with Gasteiger partial charge in [0, 0.05) is 20.9 Å². The van der Waals surface area contributed by atoms with Crippen LogP contribution in [0.5, 0.6) is 0 Å². The third-order valence-corrected chi connectivity index (χ3v) is 10.4. The van der Waals surface area contributed by atoms with E-state index >= 15 is 0 Å². The van der Waals surface area contributed by atoms with E-state index in [0.29, 0.717) is 28.3 Å². The first-order valence-corrected chi connectivity index (χ1v) is 15.8. The lowest BCUT2D eigenvalue weighted by molar-refractivity contribution is 0.667. The molecule has 1 aliphatic rings. The molecule has 0 aromatic carbocycles. The van der Waals surface area contributed by atoms with Crippen LogP contribution < -0.4 is 11.5 Å². The highest BCUT2D eigenvalue weighted by Gasteiger charge is 2.32. The summed E-state index contributed by atoms with van der Waals surface area (Å²) in [7, 11) is 0. The first-order valence-electron chi connectivity index (χ1n) is 12.2. The van der Waals surface area contributed by atoms with Gasteiger partial charge in [-0.25, -0.2) is 4.40 Å². The van der Waals surface area contributed by atoms with Crippen LogP contribution in [0.4, 0.5) is 0 Å². The Morgan fingerprint density at radius 3 is 1.71 bits per heavy atom. The Balaban J connectivity index is 1.95. The molecule has 1 aliphatic carbocycles. The molecule has 3 rings (SSSR count). The van der Waals surface area contributed by atoms with E-state index in [0.717, 1.165) is 43.0 Å². The number of aryl methyl sites for hydroxylation is 2. The van der Waals surface area contributed by atoms with Gasteiger partial charge in [-0.15, -0.1) is 22.7 Å². The fourth-order valence-electron chi connectivity index (χ4n) is 4.27. The van der Waals surface area contributed by atoms with Gasteiger partial charge in [-0.3, -0.25) is 5.41 Å². The zero-order valence-electron chi connectivity index (χ0n) is 20.3. The fraction of sp³-hybridized carbons (Fsp3) is 0.462. The Kier molecular flexibility index (Phi) is 11.2. The molecule has 0 amide bonds. The Hall–Kier alpha value is -0.870. The molecule has 2 heterocycles. The number of thiophene rings is 2. The summed E-state index contributed by atoms with van der Waals surface area (Å²) in [5, 5.41) is 9.01. The molecule has 0 unspecified atom stereocenters. The second-order valence-corrected chi connectivity index (χ2v) is 13.8. The summed E-state index contributed by atoms with van der Waals surface area (Å²) in [5.41, 5.74) is 18.7. The van der Waals surface area contributed by atoms with Gasteiger partial charge in [-0.05, 0) is 93.6 Å². The van der Waals surface area contributed by atoms with Gasteiger partial charge in [0.25, 0.3) is 0 Å². The number of hydrogen-bond donors (Lipinski definition) is 4. The summed E-state index contributed by atoms with van der Waals surface area (Å²) in [6.45, 7) is 4.44. The van der Waals surface area contributed by atoms with Crippen molar-refractivity contribution in [3.63, 3.8) is 0 Å². The predicted octanol–water partition coefficient (Wildman–Crippen LogP) is 8.94. The summed E-state index contributed by atoms with van der Waals surface area (Å²) in [6, 6.07) is 4.30. The Morgan fingerprint density at radius 1 is 0.800 bits per heavy atom. The highest BCUT2D eigenvalue weighted by molar-refractivity contribution is 9.11. The lowest BCUT2D eigenvalue weighted by atomic mass is 9.88. The second kappa shape index (κ2) is 13.6. The van der Waals surface area contributed by atoms with E-state index in [1.54, 1.807) is 22.7 Å². The first-order chi connectivity index (χ1) is 16.8. The van der Waals surface area contributed by atoms with Crippen LogP contribution in [0.15, 0.2) is 35.5 Å². The number of nitrogens with zero attached hydrogens (tertiary/aromatic N) is 1. The van der Waals surface area contributed by atoms with Crippen LogP contribution in [-0.2, 0) is 12.8 Å². The minimum absolute atomic E-state index is 0.266. The average Bonchev–Trinajstić information content (AvgIpc) is 3.38. The van der Waals surface area contributed by atoms with E-state index in [1.165, 1.54) is 49.7 Å². The normalized spacial score (nSPS) is 15.7. The van der Waals surface area contributed by atoms with Crippen molar-refractivity contribution >= 4 is 89.9 Å². The van der Waals surface area contributed by atoms with Crippen molar-refractivity contribution in [2.75, 3.05) is 0 Å². The molecule has 190 valence electrons. The van der Waals surface area contributed by atoms with Crippen molar-refractivity contribution < 1.29 is 0 Å². The highest BCUT2D eigenvalue weighted by atomic mass is 79.9. The molecule has 0 fully saturated rings. The fourth-order valence-corrected chi connectivity index (χ4v) is 8.13. The van der Waals surface area contributed by atoms with Crippen LogP contribution in [-0.4, -0.2) is 11.4 Å². The second-order valence-electron chi connectivity index (χ2n) is 8.84. The summed E-state index contributed by atoms with van der Waals surface area (Å²) in [6.07, 6.45) is 11.7. The zero-order valence-corrected chi connectivity index (χ0v) is 26.0. The molecule has 0 saturated carbocycles. The molecule has 0 radical (unpaired) electrons. The van der Waals surface area contributed by atoms with Crippen molar-refractivity contribution in [3.05, 3.63) is 52.0 Å². The maximum atomic E-state index is 9.01. The smallest absolute Gasteiger partial charge is 0.107 e. The van der Waals surface area contributed by atoms with Gasteiger partial charge in [0.05, 0.1) is 24.7 Å². The molecule has 4 nitrogen and oxygen atoms in total. The molecule has 0 saturated heterocycles. The lowest BCUT2D eigenvalue weighted by Crippen LogP contribution is -2.29. The number of thiol groups is 1. The molecule has 2 aromatic rings. The number of nitrogens with one attached hydrogen (secondary N) is 1. The van der Waals surface area contributed by atoms with Crippen molar-refractivity contribution in [2.45, 2.75) is 78.1 Å². The maximum Gasteiger partial charge on any atom is 0.107 e. The largest absolute Gasteiger partial charge is 0.396 e. The van der Waals surface area contributed by atoms with E-state index in [4.69, 9.17) is 16.9 Å². The standard InChI is InChI=1S/C26H34Br2N4S3/c1-3-5-7-9-11-15-13-17(34-25(15)27)19-21(29)22(30)20(24(32-33)23(19)31)18-14-16(26(28)35-18)12-10-8-6-4-2/h13-14,31,33H,3-12,29-30H2,1-2H3/b31-23?,32-24-. The van der Waals surface area contributed by atoms with Crippen molar-refractivity contribution in [2.24, 2.45) is 15.9 Å². The first kappa shape index (κ1) is 28.7. The quantitative estimate of drug-likeness (QED) is 0.104. The van der Waals surface area contributed by atoms with Gasteiger partial charge in [0.15, 0.2) is 0 Å². The highest BCUT2D eigenvalue weighted by Crippen LogP contribution is 2.42. The van der Waals surface area contributed by atoms with E-state index < -0.39 is 0 Å². The number of nitrogens with two attached hydrogens (primary N) is 2. The molecular weight excluding hydrogens is 624 g/mol. The number of unbranched alkanes of at least 4 members (excludes halogenated alkanes) is 6. The molecule has 35 heavy (non-hydrogen) atoms. The average molecular weight is 659 g/mol. The molecule has 5 N–H and O–H groups in total. The maximum absolute atomic E-state index is 9.01. The number of halogens is 2. The Morgan fingerprint density at radius 2 is 1.26 bits per heavy atom.